The van der Waals surface area contributed by atoms with Gasteiger partial charge in [-0.15, -0.1) is 0 Å². The molecule has 0 saturated carbocycles. The minimum atomic E-state index is -0.127. The van der Waals surface area contributed by atoms with Crippen molar-refractivity contribution in [3.8, 4) is 22.3 Å². The lowest BCUT2D eigenvalue weighted by atomic mass is 9.64. The largest absolute Gasteiger partial charge is 0.379 e. The summed E-state index contributed by atoms with van der Waals surface area (Å²) in [5, 5.41) is 0. The maximum Gasteiger partial charge on any atom is 0.0598 e. The van der Waals surface area contributed by atoms with E-state index in [9.17, 15) is 0 Å². The highest BCUT2D eigenvalue weighted by Gasteiger charge is 2.47. The minimum Gasteiger partial charge on any atom is -0.379 e. The zero-order valence-corrected chi connectivity index (χ0v) is 26.8. The van der Waals surface area contributed by atoms with Crippen LogP contribution in [0, 0.1) is 0 Å². The first kappa shape index (κ1) is 29.9. The highest BCUT2D eigenvalue weighted by atomic mass is 16.5. The Bertz CT molecular complexity index is 1460. The normalized spacial score (nSPS) is 15.7. The molecule has 0 bridgehead atoms. The summed E-state index contributed by atoms with van der Waals surface area (Å²) in [6.07, 6.45) is 6.66. The average molecular weight is 573 g/mol. The van der Waals surface area contributed by atoms with Gasteiger partial charge in [-0.1, -0.05) is 97.1 Å². The van der Waals surface area contributed by atoms with Crippen molar-refractivity contribution in [2.24, 2.45) is 0 Å². The van der Waals surface area contributed by atoms with Crippen molar-refractivity contribution < 1.29 is 9.47 Å². The van der Waals surface area contributed by atoms with Crippen molar-refractivity contribution >= 4 is 0 Å². The summed E-state index contributed by atoms with van der Waals surface area (Å²) in [5.74, 6) is 0. The van der Waals surface area contributed by atoms with Gasteiger partial charge in [-0.25, -0.2) is 0 Å². The first-order chi connectivity index (χ1) is 20.8. The smallest absolute Gasteiger partial charge is 0.0598 e. The van der Waals surface area contributed by atoms with E-state index in [0.717, 1.165) is 51.7 Å². The minimum absolute atomic E-state index is 0.0467. The molecule has 0 aliphatic heterocycles. The number of hydrogen-bond acceptors (Lipinski definition) is 2. The molecule has 0 radical (unpaired) electrons. The van der Waals surface area contributed by atoms with Crippen LogP contribution in [0.5, 0.6) is 0 Å². The SMILES string of the molecule is CC(C)OCCCC1(CCC2(CCCOC(C)(C)C)c3ccccc3-c3ccccc32)c2ccccc2-c2ccccc21. The molecule has 224 valence electrons. The summed E-state index contributed by atoms with van der Waals surface area (Å²) in [7, 11) is 0. The van der Waals surface area contributed by atoms with Crippen molar-refractivity contribution in [2.45, 2.75) is 95.7 Å². The second-order valence-electron chi connectivity index (χ2n) is 13.9. The zero-order valence-electron chi connectivity index (χ0n) is 26.8. The highest BCUT2D eigenvalue weighted by Crippen LogP contribution is 2.59. The molecular formula is C41H48O2. The third-order valence-corrected chi connectivity index (χ3v) is 9.81. The van der Waals surface area contributed by atoms with Gasteiger partial charge in [0.1, 0.15) is 0 Å². The van der Waals surface area contributed by atoms with Gasteiger partial charge in [-0.3, -0.25) is 0 Å². The summed E-state index contributed by atoms with van der Waals surface area (Å²) in [6, 6.07) is 36.7. The molecule has 0 N–H and O–H groups in total. The van der Waals surface area contributed by atoms with E-state index in [1.54, 1.807) is 0 Å². The number of hydrogen-bond donors (Lipinski definition) is 0. The Morgan fingerprint density at radius 2 is 0.860 bits per heavy atom. The molecule has 4 aromatic rings. The number of benzene rings is 4. The van der Waals surface area contributed by atoms with Gasteiger partial charge in [0.15, 0.2) is 0 Å². The van der Waals surface area contributed by atoms with E-state index < -0.39 is 0 Å². The van der Waals surface area contributed by atoms with E-state index in [0.29, 0.717) is 0 Å². The zero-order chi connectivity index (χ0) is 30.1. The Balaban J connectivity index is 1.42. The molecule has 2 heteroatoms. The van der Waals surface area contributed by atoms with Gasteiger partial charge < -0.3 is 9.47 Å². The van der Waals surface area contributed by atoms with E-state index in [1.165, 1.54) is 44.5 Å². The van der Waals surface area contributed by atoms with Crippen molar-refractivity contribution in [3.05, 3.63) is 119 Å². The van der Waals surface area contributed by atoms with Crippen LogP contribution in [0.15, 0.2) is 97.1 Å². The number of ether oxygens (including phenoxy) is 2. The molecular weight excluding hydrogens is 524 g/mol. The van der Waals surface area contributed by atoms with E-state index in [1.807, 2.05) is 0 Å². The third kappa shape index (κ3) is 5.61. The maximum atomic E-state index is 6.27. The van der Waals surface area contributed by atoms with Crippen molar-refractivity contribution in [2.75, 3.05) is 13.2 Å². The van der Waals surface area contributed by atoms with Gasteiger partial charge >= 0.3 is 0 Å². The van der Waals surface area contributed by atoms with E-state index in [4.69, 9.17) is 9.47 Å². The van der Waals surface area contributed by atoms with Gasteiger partial charge in [0.05, 0.1) is 11.7 Å². The summed E-state index contributed by atoms with van der Waals surface area (Å²) >= 11 is 0. The molecule has 0 aromatic heterocycles. The molecule has 2 nitrogen and oxygen atoms in total. The molecule has 0 fully saturated rings. The summed E-state index contributed by atoms with van der Waals surface area (Å²) in [6.45, 7) is 12.3. The number of rotatable bonds is 12. The molecule has 6 rings (SSSR count). The lowest BCUT2D eigenvalue weighted by Crippen LogP contribution is -2.33. The predicted molar refractivity (Wildman–Crippen MR) is 180 cm³/mol. The molecule has 0 spiro atoms. The van der Waals surface area contributed by atoms with Crippen molar-refractivity contribution in [1.29, 1.82) is 0 Å². The molecule has 0 atom stereocenters. The highest BCUT2D eigenvalue weighted by molar-refractivity contribution is 5.82. The number of fused-ring (bicyclic) bond motifs is 6. The second kappa shape index (κ2) is 12.1. The quantitative estimate of drug-likeness (QED) is 0.157. The van der Waals surface area contributed by atoms with E-state index in [2.05, 4.69) is 132 Å². The van der Waals surface area contributed by atoms with E-state index >= 15 is 0 Å². The van der Waals surface area contributed by atoms with Crippen LogP contribution in [0.3, 0.4) is 0 Å². The average Bonchev–Trinajstić information content (AvgIpc) is 3.44. The van der Waals surface area contributed by atoms with Crippen LogP contribution in [-0.2, 0) is 20.3 Å². The van der Waals surface area contributed by atoms with Crippen LogP contribution in [0.2, 0.25) is 0 Å². The molecule has 0 amide bonds. The molecule has 2 aliphatic carbocycles. The van der Waals surface area contributed by atoms with Gasteiger partial charge in [-0.2, -0.15) is 0 Å². The molecule has 0 saturated heterocycles. The fourth-order valence-electron chi connectivity index (χ4n) is 8.03. The lowest BCUT2D eigenvalue weighted by Gasteiger charge is -2.39. The van der Waals surface area contributed by atoms with Gasteiger partial charge in [0, 0.05) is 24.0 Å². The van der Waals surface area contributed by atoms with Gasteiger partial charge in [0.25, 0.3) is 0 Å². The monoisotopic (exact) mass is 572 g/mol. The summed E-state index contributed by atoms with van der Waals surface area (Å²) in [5.41, 5.74) is 11.4. The predicted octanol–water partition coefficient (Wildman–Crippen LogP) is 10.5. The molecule has 4 aromatic carbocycles. The lowest BCUT2D eigenvalue weighted by molar-refractivity contribution is -0.00620. The van der Waals surface area contributed by atoms with Crippen LogP contribution in [0.1, 0.15) is 95.4 Å². The Morgan fingerprint density at radius 3 is 1.21 bits per heavy atom. The van der Waals surface area contributed by atoms with E-state index in [-0.39, 0.29) is 22.5 Å². The van der Waals surface area contributed by atoms with Crippen LogP contribution >= 0.6 is 0 Å². The summed E-state index contributed by atoms with van der Waals surface area (Å²) < 4.78 is 12.4. The van der Waals surface area contributed by atoms with Crippen LogP contribution in [0.4, 0.5) is 0 Å². The third-order valence-electron chi connectivity index (χ3n) is 9.81. The van der Waals surface area contributed by atoms with Crippen LogP contribution < -0.4 is 0 Å². The topological polar surface area (TPSA) is 18.5 Å². The first-order valence-corrected chi connectivity index (χ1v) is 16.4. The Morgan fingerprint density at radius 1 is 0.512 bits per heavy atom. The molecule has 0 heterocycles. The molecule has 43 heavy (non-hydrogen) atoms. The van der Waals surface area contributed by atoms with Gasteiger partial charge in [-0.05, 0) is 118 Å². The van der Waals surface area contributed by atoms with Crippen LogP contribution in [-0.4, -0.2) is 24.9 Å². The standard InChI is InChI=1S/C41H48O2/c1-30(2)42-28-14-24-40(35-20-10-6-16-31(35)32-17-7-11-21-36(32)40)26-27-41(25-15-29-43-39(3,4)5)37-22-12-8-18-33(37)34-19-9-13-23-38(34)41/h6-13,16-23,30H,14-15,24-29H2,1-5H3. The van der Waals surface area contributed by atoms with Crippen molar-refractivity contribution in [3.63, 3.8) is 0 Å². The molecule has 2 aliphatic rings. The Labute approximate surface area is 259 Å². The fraction of sp³-hybridized carbons (Fsp3) is 0.415. The first-order valence-electron chi connectivity index (χ1n) is 16.4. The molecule has 0 unspecified atom stereocenters. The van der Waals surface area contributed by atoms with Crippen LogP contribution in [0.25, 0.3) is 22.3 Å². The summed E-state index contributed by atoms with van der Waals surface area (Å²) in [4.78, 5) is 0. The Hall–Kier alpha value is -3.20. The fourth-order valence-corrected chi connectivity index (χ4v) is 8.03. The van der Waals surface area contributed by atoms with Crippen molar-refractivity contribution in [1.82, 2.24) is 0 Å². The maximum absolute atomic E-state index is 6.27. The van der Waals surface area contributed by atoms with Gasteiger partial charge in [0.2, 0.25) is 0 Å². The Kier molecular flexibility index (Phi) is 8.37. The second-order valence-corrected chi connectivity index (χ2v) is 13.9.